The molecule has 3 heterocycles. The van der Waals surface area contributed by atoms with Gasteiger partial charge in [-0.05, 0) is 65.7 Å². The lowest BCUT2D eigenvalue weighted by Crippen LogP contribution is -2.38. The maximum absolute atomic E-state index is 14.3. The number of amides is 2. The first-order valence-corrected chi connectivity index (χ1v) is 12.9. The predicted molar refractivity (Wildman–Crippen MR) is 150 cm³/mol. The van der Waals surface area contributed by atoms with Gasteiger partial charge in [-0.1, -0.05) is 66.2 Å². The Bertz CT molecular complexity index is 1680. The van der Waals surface area contributed by atoms with Gasteiger partial charge in [0.1, 0.15) is 5.70 Å². The molecule has 7 heteroatoms. The fourth-order valence-electron chi connectivity index (χ4n) is 5.38. The van der Waals surface area contributed by atoms with Gasteiger partial charge in [0.05, 0.1) is 6.04 Å². The summed E-state index contributed by atoms with van der Waals surface area (Å²) in [5, 5.41) is 0.591. The SMILES string of the molecule is O=C1C(=Cc2ccc3c(c2)OCO3)C2=C(C(=O)N(c3ccccc3)C2c2ccc(Cl)cc2)N1c1ccccc1. The monoisotopic (exact) mass is 532 g/mol. The molecule has 0 aromatic heterocycles. The molecule has 0 spiro atoms. The van der Waals surface area contributed by atoms with E-state index in [1.807, 2.05) is 97.1 Å². The minimum Gasteiger partial charge on any atom is -0.454 e. The molecule has 1 atom stereocenters. The third-order valence-corrected chi connectivity index (χ3v) is 7.35. The van der Waals surface area contributed by atoms with Crippen LogP contribution < -0.4 is 19.3 Å². The number of ether oxygens (including phenoxy) is 2. The molecular weight excluding hydrogens is 512 g/mol. The Morgan fingerprint density at radius 3 is 2.13 bits per heavy atom. The summed E-state index contributed by atoms with van der Waals surface area (Å²) in [5.74, 6) is 0.768. The van der Waals surface area contributed by atoms with Gasteiger partial charge in [-0.15, -0.1) is 0 Å². The largest absolute Gasteiger partial charge is 0.454 e. The molecule has 4 aromatic rings. The molecule has 190 valence electrons. The molecule has 2 amide bonds. The maximum Gasteiger partial charge on any atom is 0.276 e. The van der Waals surface area contributed by atoms with Crippen molar-refractivity contribution < 1.29 is 19.1 Å². The van der Waals surface area contributed by atoms with Gasteiger partial charge in [-0.25, -0.2) is 0 Å². The lowest BCUT2D eigenvalue weighted by Gasteiger charge is -2.30. The fraction of sp³-hybridized carbons (Fsp3) is 0.0625. The van der Waals surface area contributed by atoms with E-state index in [0.717, 1.165) is 16.8 Å². The normalized spacial score (nSPS) is 18.9. The number of fused-ring (bicyclic) bond motifs is 1. The van der Waals surface area contributed by atoms with Crippen molar-refractivity contribution in [3.63, 3.8) is 0 Å². The lowest BCUT2D eigenvalue weighted by atomic mass is 9.93. The summed E-state index contributed by atoms with van der Waals surface area (Å²) in [6.45, 7) is 0.157. The van der Waals surface area contributed by atoms with Crippen LogP contribution in [0.25, 0.3) is 6.08 Å². The van der Waals surface area contributed by atoms with Crippen molar-refractivity contribution in [2.75, 3.05) is 16.6 Å². The van der Waals surface area contributed by atoms with E-state index in [-0.39, 0.29) is 18.6 Å². The van der Waals surface area contributed by atoms with Crippen LogP contribution in [-0.4, -0.2) is 18.6 Å². The Kier molecular flexibility index (Phi) is 5.49. The number of carbonyl (C=O) groups excluding carboxylic acids is 2. The van der Waals surface area contributed by atoms with Crippen molar-refractivity contribution in [1.29, 1.82) is 0 Å². The van der Waals surface area contributed by atoms with E-state index in [0.29, 0.717) is 39.1 Å². The Morgan fingerprint density at radius 2 is 1.41 bits per heavy atom. The number of halogens is 1. The maximum atomic E-state index is 14.3. The smallest absolute Gasteiger partial charge is 0.276 e. The Balaban J connectivity index is 1.46. The summed E-state index contributed by atoms with van der Waals surface area (Å²) >= 11 is 6.23. The molecule has 0 N–H and O–H groups in total. The molecule has 0 radical (unpaired) electrons. The minimum absolute atomic E-state index is 0.157. The van der Waals surface area contributed by atoms with Gasteiger partial charge in [-0.2, -0.15) is 0 Å². The van der Waals surface area contributed by atoms with Gasteiger partial charge in [-0.3, -0.25) is 19.4 Å². The van der Waals surface area contributed by atoms with Crippen LogP contribution in [0.15, 0.2) is 120 Å². The molecule has 7 rings (SSSR count). The predicted octanol–water partition coefficient (Wildman–Crippen LogP) is 6.54. The summed E-state index contributed by atoms with van der Waals surface area (Å²) < 4.78 is 11.0. The topological polar surface area (TPSA) is 59.1 Å². The van der Waals surface area contributed by atoms with Crippen LogP contribution in [0.5, 0.6) is 11.5 Å². The highest BCUT2D eigenvalue weighted by Crippen LogP contribution is 2.51. The molecule has 3 aliphatic heterocycles. The Labute approximate surface area is 229 Å². The van der Waals surface area contributed by atoms with Gasteiger partial charge < -0.3 is 9.47 Å². The zero-order valence-electron chi connectivity index (χ0n) is 20.6. The van der Waals surface area contributed by atoms with E-state index in [1.54, 1.807) is 17.0 Å². The highest BCUT2D eigenvalue weighted by Gasteiger charge is 2.52. The van der Waals surface area contributed by atoms with Gasteiger partial charge in [0, 0.05) is 27.5 Å². The standard InChI is InChI=1S/C32H21ClN2O4/c33-22-14-12-21(13-15-22)29-28-25(17-20-11-16-26-27(18-20)39-19-38-26)31(36)35(24-9-5-2-6-10-24)30(28)32(37)34(29)23-7-3-1-4-8-23/h1-18,29H,19H2. The third kappa shape index (κ3) is 3.80. The van der Waals surface area contributed by atoms with Gasteiger partial charge >= 0.3 is 0 Å². The summed E-state index contributed by atoms with van der Waals surface area (Å²) in [7, 11) is 0. The molecule has 0 saturated heterocycles. The zero-order valence-corrected chi connectivity index (χ0v) is 21.3. The quantitative estimate of drug-likeness (QED) is 0.280. The van der Waals surface area contributed by atoms with Crippen LogP contribution in [0.3, 0.4) is 0 Å². The zero-order chi connectivity index (χ0) is 26.5. The second-order valence-electron chi connectivity index (χ2n) is 9.37. The molecule has 6 nitrogen and oxygen atoms in total. The number of benzene rings is 4. The van der Waals surface area contributed by atoms with Crippen LogP contribution in [-0.2, 0) is 9.59 Å². The van der Waals surface area contributed by atoms with Gasteiger partial charge in [0.15, 0.2) is 11.5 Å². The highest BCUT2D eigenvalue weighted by molar-refractivity contribution is 6.31. The minimum atomic E-state index is -0.537. The van der Waals surface area contributed by atoms with Crippen LogP contribution >= 0.6 is 11.6 Å². The van der Waals surface area contributed by atoms with Crippen molar-refractivity contribution in [3.8, 4) is 11.5 Å². The third-order valence-electron chi connectivity index (χ3n) is 7.10. The first kappa shape index (κ1) is 23.3. The molecule has 3 aliphatic rings. The first-order valence-electron chi connectivity index (χ1n) is 12.5. The average molecular weight is 533 g/mol. The number of para-hydroxylation sites is 2. The molecule has 1 unspecified atom stereocenters. The summed E-state index contributed by atoms with van der Waals surface area (Å²) in [6.07, 6.45) is 1.83. The fourth-order valence-corrected chi connectivity index (χ4v) is 5.51. The number of carbonyl (C=O) groups is 2. The van der Waals surface area contributed by atoms with Crippen LogP contribution in [0.4, 0.5) is 11.4 Å². The van der Waals surface area contributed by atoms with Crippen molar-refractivity contribution >= 4 is 40.9 Å². The van der Waals surface area contributed by atoms with Crippen LogP contribution in [0, 0.1) is 0 Å². The highest BCUT2D eigenvalue weighted by atomic mass is 35.5. The number of nitrogens with zero attached hydrogens (tertiary/aromatic N) is 2. The second kappa shape index (κ2) is 9.19. The Hall–Kier alpha value is -4.81. The molecule has 0 fully saturated rings. The van der Waals surface area contributed by atoms with E-state index < -0.39 is 6.04 Å². The van der Waals surface area contributed by atoms with Crippen molar-refractivity contribution in [2.45, 2.75) is 6.04 Å². The number of hydrogen-bond acceptors (Lipinski definition) is 4. The van der Waals surface area contributed by atoms with E-state index in [9.17, 15) is 9.59 Å². The number of rotatable bonds is 4. The van der Waals surface area contributed by atoms with Crippen LogP contribution in [0.2, 0.25) is 5.02 Å². The molecular formula is C32H21ClN2O4. The van der Waals surface area contributed by atoms with E-state index in [2.05, 4.69) is 0 Å². The molecule has 0 saturated carbocycles. The lowest BCUT2D eigenvalue weighted by molar-refractivity contribution is -0.118. The average Bonchev–Trinajstić information content (AvgIpc) is 3.63. The van der Waals surface area contributed by atoms with E-state index in [1.165, 1.54) is 4.90 Å². The van der Waals surface area contributed by atoms with Crippen molar-refractivity contribution in [1.82, 2.24) is 0 Å². The summed E-state index contributed by atoms with van der Waals surface area (Å²) in [5.41, 5.74) is 4.42. The molecule has 0 aliphatic carbocycles. The summed E-state index contributed by atoms with van der Waals surface area (Å²) in [4.78, 5) is 31.7. The number of anilines is 2. The molecule has 39 heavy (non-hydrogen) atoms. The van der Waals surface area contributed by atoms with Crippen molar-refractivity contribution in [2.24, 2.45) is 0 Å². The molecule has 0 bridgehead atoms. The second-order valence-corrected chi connectivity index (χ2v) is 9.81. The van der Waals surface area contributed by atoms with Gasteiger partial charge in [0.2, 0.25) is 6.79 Å². The van der Waals surface area contributed by atoms with Gasteiger partial charge in [0.25, 0.3) is 11.8 Å². The van der Waals surface area contributed by atoms with Crippen LogP contribution in [0.1, 0.15) is 17.2 Å². The molecule has 4 aromatic carbocycles. The Morgan fingerprint density at radius 1 is 0.744 bits per heavy atom. The summed E-state index contributed by atoms with van der Waals surface area (Å²) in [6, 6.07) is 31.2. The van der Waals surface area contributed by atoms with E-state index in [4.69, 9.17) is 21.1 Å². The first-order chi connectivity index (χ1) is 19.1. The number of hydrogen-bond donors (Lipinski definition) is 0. The van der Waals surface area contributed by atoms with E-state index >= 15 is 0 Å². The van der Waals surface area contributed by atoms with Crippen molar-refractivity contribution in [3.05, 3.63) is 136 Å².